The Morgan fingerprint density at radius 1 is 1.32 bits per heavy atom. The van der Waals surface area contributed by atoms with Crippen molar-refractivity contribution in [2.75, 3.05) is 37.8 Å². The second-order valence-electron chi connectivity index (χ2n) is 5.23. The van der Waals surface area contributed by atoms with Gasteiger partial charge in [0, 0.05) is 29.5 Å². The summed E-state index contributed by atoms with van der Waals surface area (Å²) in [5, 5.41) is 6.59. The number of aromatic amines is 2. The first kappa shape index (κ1) is 13.7. The van der Waals surface area contributed by atoms with E-state index in [1.54, 1.807) is 0 Å². The maximum Gasteiger partial charge on any atom is 0.281 e. The summed E-state index contributed by atoms with van der Waals surface area (Å²) in [6.07, 6.45) is 0. The van der Waals surface area contributed by atoms with Crippen molar-refractivity contribution >= 4 is 37.3 Å². The molecule has 1 saturated heterocycles. The summed E-state index contributed by atoms with van der Waals surface area (Å²) in [4.78, 5) is 14.2. The predicted octanol–water partition coefficient (Wildman–Crippen LogP) is 2.31. The molecule has 3 heterocycles. The molecule has 0 unspecified atom stereocenters. The Balaban J connectivity index is 1.93. The summed E-state index contributed by atoms with van der Waals surface area (Å²) in [7, 11) is 0. The van der Waals surface area contributed by atoms with Gasteiger partial charge < -0.3 is 14.4 Å². The fourth-order valence-corrected chi connectivity index (χ4v) is 4.01. The lowest BCUT2D eigenvalue weighted by Gasteiger charge is -2.29. The van der Waals surface area contributed by atoms with E-state index >= 15 is 0 Å². The smallest absolute Gasteiger partial charge is 0.281 e. The van der Waals surface area contributed by atoms with E-state index in [9.17, 15) is 4.79 Å². The highest BCUT2D eigenvalue weighted by molar-refractivity contribution is 7.25. The van der Waals surface area contributed by atoms with Crippen LogP contribution in [0.1, 0.15) is 6.92 Å². The molecule has 0 saturated carbocycles. The number of fused-ring (bicyclic) bond motifs is 3. The Hall–Kier alpha value is -1.99. The van der Waals surface area contributed by atoms with Gasteiger partial charge in [-0.2, -0.15) is 0 Å². The van der Waals surface area contributed by atoms with E-state index in [0.29, 0.717) is 6.61 Å². The first-order chi connectivity index (χ1) is 10.8. The number of benzene rings is 1. The van der Waals surface area contributed by atoms with Crippen LogP contribution in [-0.2, 0) is 4.74 Å². The van der Waals surface area contributed by atoms with Gasteiger partial charge in [-0.3, -0.25) is 15.0 Å². The number of nitrogens with one attached hydrogen (secondary N) is 2. The molecular formula is C15H17N3O3S. The summed E-state index contributed by atoms with van der Waals surface area (Å²) >= 11 is 1.50. The van der Waals surface area contributed by atoms with E-state index in [4.69, 9.17) is 9.47 Å². The number of ether oxygens (including phenoxy) is 2. The maximum absolute atomic E-state index is 11.9. The topological polar surface area (TPSA) is 70.3 Å². The standard InChI is InChI=1S/C15H17N3O3S/c1-2-21-10-7-9(18-3-5-20-6-4-18)8-11-12(10)13-14(22-11)15(19)17-16-13/h7-8H,2-6H2,1H3,(H2,16,17,19). The van der Waals surface area contributed by atoms with Crippen molar-refractivity contribution in [1.82, 2.24) is 10.2 Å². The van der Waals surface area contributed by atoms with Crippen molar-refractivity contribution in [1.29, 1.82) is 0 Å². The van der Waals surface area contributed by atoms with Gasteiger partial charge in [0.15, 0.2) is 0 Å². The number of anilines is 1. The van der Waals surface area contributed by atoms with E-state index in [1.165, 1.54) is 11.3 Å². The van der Waals surface area contributed by atoms with E-state index in [2.05, 4.69) is 27.2 Å². The number of hydrogen-bond acceptors (Lipinski definition) is 5. The number of morpholine rings is 1. The molecule has 0 atom stereocenters. The van der Waals surface area contributed by atoms with Gasteiger partial charge in [0.05, 0.1) is 30.7 Å². The zero-order chi connectivity index (χ0) is 15.1. The quantitative estimate of drug-likeness (QED) is 0.777. The molecule has 0 amide bonds. The summed E-state index contributed by atoms with van der Waals surface area (Å²) in [6.45, 7) is 5.80. The summed E-state index contributed by atoms with van der Waals surface area (Å²) < 4.78 is 13.0. The Labute approximate surface area is 130 Å². The summed E-state index contributed by atoms with van der Waals surface area (Å²) in [5.41, 5.74) is 1.88. The van der Waals surface area contributed by atoms with Crippen molar-refractivity contribution in [2.24, 2.45) is 0 Å². The van der Waals surface area contributed by atoms with Gasteiger partial charge in [-0.1, -0.05) is 0 Å². The third-order valence-electron chi connectivity index (χ3n) is 3.92. The molecule has 3 aromatic rings. The van der Waals surface area contributed by atoms with Crippen LogP contribution >= 0.6 is 11.3 Å². The summed E-state index contributed by atoms with van der Waals surface area (Å²) in [6, 6.07) is 4.20. The molecule has 1 aliphatic rings. The highest BCUT2D eigenvalue weighted by Crippen LogP contribution is 2.40. The fourth-order valence-electron chi connectivity index (χ4n) is 2.91. The first-order valence-corrected chi connectivity index (χ1v) is 8.22. The predicted molar refractivity (Wildman–Crippen MR) is 88.5 cm³/mol. The van der Waals surface area contributed by atoms with Gasteiger partial charge in [-0.25, -0.2) is 0 Å². The van der Waals surface area contributed by atoms with Crippen LogP contribution in [0.2, 0.25) is 0 Å². The lowest BCUT2D eigenvalue weighted by molar-refractivity contribution is 0.122. The number of nitrogens with zero attached hydrogens (tertiary/aromatic N) is 1. The monoisotopic (exact) mass is 319 g/mol. The third kappa shape index (κ3) is 2.08. The van der Waals surface area contributed by atoms with E-state index in [0.717, 1.165) is 58.0 Å². The van der Waals surface area contributed by atoms with Gasteiger partial charge in [0.25, 0.3) is 5.56 Å². The van der Waals surface area contributed by atoms with E-state index in [-0.39, 0.29) is 5.56 Å². The summed E-state index contributed by atoms with van der Waals surface area (Å²) in [5.74, 6) is 0.822. The van der Waals surface area contributed by atoms with Crippen LogP contribution < -0.4 is 15.2 Å². The van der Waals surface area contributed by atoms with Crippen molar-refractivity contribution < 1.29 is 9.47 Å². The van der Waals surface area contributed by atoms with Crippen LogP contribution in [0.4, 0.5) is 5.69 Å². The molecule has 0 spiro atoms. The Morgan fingerprint density at radius 2 is 2.14 bits per heavy atom. The number of aromatic nitrogens is 2. The molecule has 2 aromatic heterocycles. The largest absolute Gasteiger partial charge is 0.493 e. The average Bonchev–Trinajstić information content (AvgIpc) is 3.08. The number of thiophene rings is 1. The molecule has 6 nitrogen and oxygen atoms in total. The van der Waals surface area contributed by atoms with Crippen LogP contribution in [0.5, 0.6) is 5.75 Å². The van der Waals surface area contributed by atoms with Gasteiger partial charge in [0.1, 0.15) is 10.4 Å². The molecule has 22 heavy (non-hydrogen) atoms. The van der Waals surface area contributed by atoms with Gasteiger partial charge in [-0.05, 0) is 13.0 Å². The SMILES string of the molecule is CCOc1cc(N2CCOCC2)cc2sc3c(=O)[nH][nH]c3c12. The lowest BCUT2D eigenvalue weighted by Crippen LogP contribution is -2.36. The molecule has 0 bridgehead atoms. The van der Waals surface area contributed by atoms with Crippen LogP contribution in [0.15, 0.2) is 16.9 Å². The second-order valence-corrected chi connectivity index (χ2v) is 6.29. The van der Waals surface area contributed by atoms with Crippen LogP contribution in [0.25, 0.3) is 20.3 Å². The maximum atomic E-state index is 11.9. The Morgan fingerprint density at radius 3 is 2.91 bits per heavy atom. The molecule has 4 rings (SSSR count). The van der Waals surface area contributed by atoms with Crippen molar-refractivity contribution in [3.63, 3.8) is 0 Å². The van der Waals surface area contributed by atoms with Gasteiger partial charge >= 0.3 is 0 Å². The van der Waals surface area contributed by atoms with E-state index < -0.39 is 0 Å². The molecule has 0 radical (unpaired) electrons. The fraction of sp³-hybridized carbons (Fsp3) is 0.400. The Kier molecular flexibility index (Phi) is 3.31. The first-order valence-electron chi connectivity index (χ1n) is 7.40. The average molecular weight is 319 g/mol. The minimum atomic E-state index is -0.0772. The molecule has 1 fully saturated rings. The number of hydrogen-bond donors (Lipinski definition) is 2. The van der Waals surface area contributed by atoms with E-state index in [1.807, 2.05) is 6.92 Å². The van der Waals surface area contributed by atoms with Crippen molar-refractivity contribution in [2.45, 2.75) is 6.92 Å². The number of rotatable bonds is 3. The van der Waals surface area contributed by atoms with Crippen LogP contribution in [-0.4, -0.2) is 43.1 Å². The molecule has 0 aliphatic carbocycles. The van der Waals surface area contributed by atoms with Crippen molar-refractivity contribution in [3.8, 4) is 5.75 Å². The highest BCUT2D eigenvalue weighted by atomic mass is 32.1. The van der Waals surface area contributed by atoms with Gasteiger partial charge in [0.2, 0.25) is 0 Å². The molecular weight excluding hydrogens is 302 g/mol. The minimum absolute atomic E-state index is 0.0772. The number of H-pyrrole nitrogens is 2. The third-order valence-corrected chi connectivity index (χ3v) is 5.06. The van der Waals surface area contributed by atoms with Crippen LogP contribution in [0, 0.1) is 0 Å². The minimum Gasteiger partial charge on any atom is -0.493 e. The van der Waals surface area contributed by atoms with Gasteiger partial charge in [-0.15, -0.1) is 11.3 Å². The zero-order valence-corrected chi connectivity index (χ0v) is 13.1. The molecule has 2 N–H and O–H groups in total. The van der Waals surface area contributed by atoms with Crippen molar-refractivity contribution in [3.05, 3.63) is 22.5 Å². The normalized spacial score (nSPS) is 15.8. The molecule has 1 aromatic carbocycles. The molecule has 1 aliphatic heterocycles. The molecule has 116 valence electrons. The Bertz CT molecular complexity index is 873. The zero-order valence-electron chi connectivity index (χ0n) is 12.3. The second kappa shape index (κ2) is 5.33. The molecule has 7 heteroatoms. The lowest BCUT2D eigenvalue weighted by atomic mass is 10.2. The highest BCUT2D eigenvalue weighted by Gasteiger charge is 2.19. The van der Waals surface area contributed by atoms with Crippen LogP contribution in [0.3, 0.4) is 0 Å².